The summed E-state index contributed by atoms with van der Waals surface area (Å²) >= 11 is 5.93. The largest absolute Gasteiger partial charge is 0.320 e. The molecule has 1 nitrogen and oxygen atoms in total. The summed E-state index contributed by atoms with van der Waals surface area (Å²) in [6, 6.07) is 14.6. The SMILES string of the molecule is CNCCC(c1ccc(F)cc1)c1ccc(Cl)cc1. The van der Waals surface area contributed by atoms with Crippen molar-refractivity contribution in [2.75, 3.05) is 13.6 Å². The molecule has 1 unspecified atom stereocenters. The Labute approximate surface area is 118 Å². The lowest BCUT2D eigenvalue weighted by atomic mass is 9.88. The van der Waals surface area contributed by atoms with Gasteiger partial charge >= 0.3 is 0 Å². The fourth-order valence-corrected chi connectivity index (χ4v) is 2.33. The van der Waals surface area contributed by atoms with Crippen molar-refractivity contribution in [1.82, 2.24) is 5.32 Å². The van der Waals surface area contributed by atoms with Gasteiger partial charge in [0.2, 0.25) is 0 Å². The maximum absolute atomic E-state index is 13.0. The molecule has 0 saturated heterocycles. The lowest BCUT2D eigenvalue weighted by molar-refractivity contribution is 0.623. The molecular weight excluding hydrogens is 261 g/mol. The summed E-state index contributed by atoms with van der Waals surface area (Å²) in [5, 5.41) is 3.89. The standard InChI is InChI=1S/C16H17ClFN/c1-19-11-10-16(12-2-6-14(17)7-3-12)13-4-8-15(18)9-5-13/h2-9,16,19H,10-11H2,1H3. The molecule has 100 valence electrons. The molecule has 0 amide bonds. The molecule has 0 radical (unpaired) electrons. The predicted octanol–water partition coefficient (Wildman–Crippen LogP) is 4.22. The lowest BCUT2D eigenvalue weighted by Crippen LogP contribution is -2.13. The van der Waals surface area contributed by atoms with Crippen LogP contribution >= 0.6 is 11.6 Å². The highest BCUT2D eigenvalue weighted by atomic mass is 35.5. The molecule has 2 rings (SSSR count). The molecule has 0 aromatic heterocycles. The highest BCUT2D eigenvalue weighted by Gasteiger charge is 2.13. The molecule has 0 heterocycles. The normalized spacial score (nSPS) is 12.4. The van der Waals surface area contributed by atoms with E-state index in [4.69, 9.17) is 11.6 Å². The van der Waals surface area contributed by atoms with Crippen LogP contribution in [0, 0.1) is 5.82 Å². The van der Waals surface area contributed by atoms with Crippen LogP contribution in [0.4, 0.5) is 4.39 Å². The molecule has 1 N–H and O–H groups in total. The van der Waals surface area contributed by atoms with E-state index in [1.165, 1.54) is 17.7 Å². The highest BCUT2D eigenvalue weighted by molar-refractivity contribution is 6.30. The van der Waals surface area contributed by atoms with Gasteiger partial charge in [-0.25, -0.2) is 4.39 Å². The molecule has 3 heteroatoms. The van der Waals surface area contributed by atoms with Crippen LogP contribution in [0.1, 0.15) is 23.5 Å². The van der Waals surface area contributed by atoms with Crippen molar-refractivity contribution in [3.8, 4) is 0 Å². The van der Waals surface area contributed by atoms with E-state index in [2.05, 4.69) is 5.32 Å². The number of hydrogen-bond acceptors (Lipinski definition) is 1. The van der Waals surface area contributed by atoms with E-state index in [9.17, 15) is 4.39 Å². The third kappa shape index (κ3) is 3.79. The molecule has 0 fully saturated rings. The minimum atomic E-state index is -0.202. The highest BCUT2D eigenvalue weighted by Crippen LogP contribution is 2.28. The van der Waals surface area contributed by atoms with Gasteiger partial charge in [-0.1, -0.05) is 35.9 Å². The summed E-state index contributed by atoms with van der Waals surface area (Å²) in [6.45, 7) is 0.907. The van der Waals surface area contributed by atoms with Gasteiger partial charge in [-0.2, -0.15) is 0 Å². The number of rotatable bonds is 5. The third-order valence-electron chi connectivity index (χ3n) is 3.23. The third-order valence-corrected chi connectivity index (χ3v) is 3.48. The Morgan fingerprint density at radius 3 is 2.05 bits per heavy atom. The van der Waals surface area contributed by atoms with Crippen molar-refractivity contribution in [3.63, 3.8) is 0 Å². The molecule has 0 aliphatic heterocycles. The van der Waals surface area contributed by atoms with Gasteiger partial charge in [-0.05, 0) is 55.4 Å². The summed E-state index contributed by atoms with van der Waals surface area (Å²) < 4.78 is 13.0. The van der Waals surface area contributed by atoms with Crippen molar-refractivity contribution in [3.05, 3.63) is 70.5 Å². The van der Waals surface area contributed by atoms with Crippen LogP contribution < -0.4 is 5.32 Å². The van der Waals surface area contributed by atoms with E-state index in [1.54, 1.807) is 0 Å². The minimum Gasteiger partial charge on any atom is -0.320 e. The fourth-order valence-electron chi connectivity index (χ4n) is 2.20. The van der Waals surface area contributed by atoms with E-state index in [-0.39, 0.29) is 11.7 Å². The van der Waals surface area contributed by atoms with Gasteiger partial charge in [0.25, 0.3) is 0 Å². The smallest absolute Gasteiger partial charge is 0.123 e. The molecule has 1 atom stereocenters. The topological polar surface area (TPSA) is 12.0 Å². The van der Waals surface area contributed by atoms with Gasteiger partial charge in [-0.15, -0.1) is 0 Å². The van der Waals surface area contributed by atoms with E-state index >= 15 is 0 Å². The first kappa shape index (κ1) is 14.0. The van der Waals surface area contributed by atoms with Crippen LogP contribution in [-0.4, -0.2) is 13.6 Å². The fraction of sp³-hybridized carbons (Fsp3) is 0.250. The Morgan fingerprint density at radius 2 is 1.53 bits per heavy atom. The van der Waals surface area contributed by atoms with Crippen LogP contribution in [0.15, 0.2) is 48.5 Å². The summed E-state index contributed by atoms with van der Waals surface area (Å²) in [4.78, 5) is 0. The second-order valence-corrected chi connectivity index (χ2v) is 4.98. The van der Waals surface area contributed by atoms with Crippen molar-refractivity contribution in [2.24, 2.45) is 0 Å². The Morgan fingerprint density at radius 1 is 1.00 bits per heavy atom. The molecule has 19 heavy (non-hydrogen) atoms. The first-order chi connectivity index (χ1) is 9.20. The van der Waals surface area contributed by atoms with Gasteiger partial charge in [0.1, 0.15) is 5.82 Å². The minimum absolute atomic E-state index is 0.202. The van der Waals surface area contributed by atoms with Gasteiger partial charge in [0, 0.05) is 10.9 Å². The maximum Gasteiger partial charge on any atom is 0.123 e. The molecule has 0 aliphatic rings. The van der Waals surface area contributed by atoms with Crippen molar-refractivity contribution < 1.29 is 4.39 Å². The number of hydrogen-bond donors (Lipinski definition) is 1. The number of benzene rings is 2. The Bertz CT molecular complexity index is 462. The van der Waals surface area contributed by atoms with E-state index in [0.717, 1.165) is 23.6 Å². The van der Waals surface area contributed by atoms with E-state index in [1.807, 2.05) is 43.4 Å². The molecule has 0 aliphatic carbocycles. The van der Waals surface area contributed by atoms with Crippen molar-refractivity contribution in [2.45, 2.75) is 12.3 Å². The zero-order chi connectivity index (χ0) is 13.7. The second kappa shape index (κ2) is 6.69. The zero-order valence-corrected chi connectivity index (χ0v) is 11.6. The van der Waals surface area contributed by atoms with E-state index < -0.39 is 0 Å². The lowest BCUT2D eigenvalue weighted by Gasteiger charge is -2.18. The predicted molar refractivity (Wildman–Crippen MR) is 78.2 cm³/mol. The Hall–Kier alpha value is -1.38. The average molecular weight is 278 g/mol. The molecule has 0 spiro atoms. The molecule has 2 aromatic rings. The summed E-state index contributed by atoms with van der Waals surface area (Å²) in [5.41, 5.74) is 2.32. The molecule has 2 aromatic carbocycles. The molecule has 0 bridgehead atoms. The van der Waals surface area contributed by atoms with Crippen LogP contribution in [0.25, 0.3) is 0 Å². The Kier molecular flexibility index (Phi) is 4.94. The number of halogens is 2. The summed E-state index contributed by atoms with van der Waals surface area (Å²) in [7, 11) is 1.93. The molecule has 0 saturated carbocycles. The first-order valence-corrected chi connectivity index (χ1v) is 6.74. The van der Waals surface area contributed by atoms with Crippen LogP contribution in [0.3, 0.4) is 0 Å². The maximum atomic E-state index is 13.0. The summed E-state index contributed by atoms with van der Waals surface area (Å²) in [6.07, 6.45) is 0.962. The Balaban J connectivity index is 2.29. The average Bonchev–Trinajstić information content (AvgIpc) is 2.43. The van der Waals surface area contributed by atoms with Gasteiger partial charge in [0.05, 0.1) is 0 Å². The second-order valence-electron chi connectivity index (χ2n) is 4.55. The quantitative estimate of drug-likeness (QED) is 0.863. The van der Waals surface area contributed by atoms with Crippen molar-refractivity contribution in [1.29, 1.82) is 0 Å². The van der Waals surface area contributed by atoms with Gasteiger partial charge < -0.3 is 5.32 Å². The van der Waals surface area contributed by atoms with E-state index in [0.29, 0.717) is 0 Å². The van der Waals surface area contributed by atoms with Gasteiger partial charge in [-0.3, -0.25) is 0 Å². The van der Waals surface area contributed by atoms with Crippen molar-refractivity contribution >= 4 is 11.6 Å². The van der Waals surface area contributed by atoms with Crippen LogP contribution in [0.2, 0.25) is 5.02 Å². The number of nitrogens with one attached hydrogen (secondary N) is 1. The van der Waals surface area contributed by atoms with Crippen LogP contribution in [-0.2, 0) is 0 Å². The van der Waals surface area contributed by atoms with Gasteiger partial charge in [0.15, 0.2) is 0 Å². The zero-order valence-electron chi connectivity index (χ0n) is 10.9. The summed E-state index contributed by atoms with van der Waals surface area (Å²) in [5.74, 6) is 0.0533. The van der Waals surface area contributed by atoms with Crippen LogP contribution in [0.5, 0.6) is 0 Å². The molecular formula is C16H17ClFN. The first-order valence-electron chi connectivity index (χ1n) is 6.36. The monoisotopic (exact) mass is 277 g/mol.